The summed E-state index contributed by atoms with van der Waals surface area (Å²) in [6.07, 6.45) is 1.76. The van der Waals surface area contributed by atoms with Gasteiger partial charge in [0.1, 0.15) is 0 Å². The quantitative estimate of drug-likeness (QED) is 0.362. The second kappa shape index (κ2) is 14.2. The number of hydrogen-bond acceptors (Lipinski definition) is 6. The highest BCUT2D eigenvalue weighted by Crippen LogP contribution is 2.33. The second-order valence-corrected chi connectivity index (χ2v) is 12.4. The molecule has 2 amide bonds. The van der Waals surface area contributed by atoms with E-state index in [1.807, 2.05) is 60.3 Å². The molecule has 0 atom stereocenters. The Hall–Kier alpha value is -1.02. The van der Waals surface area contributed by atoms with E-state index in [0.717, 1.165) is 36.5 Å². The highest BCUT2D eigenvalue weighted by Gasteiger charge is 2.30. The molecule has 0 saturated carbocycles. The van der Waals surface area contributed by atoms with Gasteiger partial charge < -0.3 is 9.80 Å². The average Bonchev–Trinajstić information content (AvgIpc) is 2.63. The van der Waals surface area contributed by atoms with Crippen LogP contribution in [-0.2, 0) is 19.2 Å². The zero-order valence-electron chi connectivity index (χ0n) is 20.7. The molecule has 0 bridgehead atoms. The Morgan fingerprint density at radius 1 is 0.645 bits per heavy atom. The molecular weight excluding hydrogens is 432 g/mol. The number of amides is 2. The zero-order valence-corrected chi connectivity index (χ0v) is 22.3. The molecule has 0 aromatic rings. The van der Waals surface area contributed by atoms with Crippen LogP contribution in [0.3, 0.4) is 0 Å². The largest absolute Gasteiger partial charge is 0.343 e. The maximum absolute atomic E-state index is 12.5. The van der Waals surface area contributed by atoms with Crippen LogP contribution >= 0.6 is 23.5 Å². The van der Waals surface area contributed by atoms with Crippen molar-refractivity contribution in [1.82, 2.24) is 9.80 Å². The van der Waals surface area contributed by atoms with Crippen molar-refractivity contribution in [1.29, 1.82) is 0 Å². The predicted octanol–water partition coefficient (Wildman–Crippen LogP) is 4.75. The van der Waals surface area contributed by atoms with Crippen LogP contribution in [0.4, 0.5) is 0 Å². The Kier molecular flexibility index (Phi) is 13.7. The second-order valence-electron chi connectivity index (χ2n) is 8.86. The van der Waals surface area contributed by atoms with Crippen molar-refractivity contribution < 1.29 is 19.2 Å². The summed E-state index contributed by atoms with van der Waals surface area (Å²) in [6.45, 7) is 18.1. The Bertz CT molecular complexity index is 617. The van der Waals surface area contributed by atoms with Gasteiger partial charge in [0.15, 0.2) is 10.2 Å². The molecule has 6 nitrogen and oxygen atoms in total. The van der Waals surface area contributed by atoms with Gasteiger partial charge in [-0.1, -0.05) is 30.4 Å². The molecule has 0 aromatic heterocycles. The lowest BCUT2D eigenvalue weighted by atomic mass is 10.1. The molecule has 180 valence electrons. The van der Waals surface area contributed by atoms with Crippen LogP contribution in [0.25, 0.3) is 0 Å². The number of carbonyl (C=O) groups is 4. The van der Waals surface area contributed by atoms with Crippen LogP contribution in [0, 0.1) is 0 Å². The summed E-state index contributed by atoms with van der Waals surface area (Å²) in [6, 6.07) is 0. The summed E-state index contributed by atoms with van der Waals surface area (Å²) in [5, 5.41) is -0.164. The number of thioether (sulfide) groups is 2. The smallest absolute Gasteiger partial charge is 0.223 e. The Morgan fingerprint density at radius 3 is 1.32 bits per heavy atom. The van der Waals surface area contributed by atoms with E-state index < -0.39 is 9.49 Å². The van der Waals surface area contributed by atoms with E-state index in [9.17, 15) is 19.2 Å². The Labute approximate surface area is 197 Å². The van der Waals surface area contributed by atoms with Crippen LogP contribution in [0.15, 0.2) is 0 Å². The minimum absolute atomic E-state index is 0.0394. The van der Waals surface area contributed by atoms with E-state index in [2.05, 4.69) is 0 Å². The lowest BCUT2D eigenvalue weighted by Crippen LogP contribution is -2.36. The van der Waals surface area contributed by atoms with Crippen LogP contribution < -0.4 is 0 Å². The van der Waals surface area contributed by atoms with Gasteiger partial charge in [-0.3, -0.25) is 19.2 Å². The van der Waals surface area contributed by atoms with Crippen LogP contribution in [0.5, 0.6) is 0 Å². The third-order valence-electron chi connectivity index (χ3n) is 4.81. The molecular formula is C23H42N2O4S2. The van der Waals surface area contributed by atoms with Gasteiger partial charge in [0, 0.05) is 61.4 Å². The van der Waals surface area contributed by atoms with Crippen molar-refractivity contribution in [2.45, 2.75) is 97.0 Å². The first-order valence-electron chi connectivity index (χ1n) is 11.3. The molecule has 31 heavy (non-hydrogen) atoms. The Balaban J connectivity index is 4.59. The predicted molar refractivity (Wildman–Crippen MR) is 132 cm³/mol. The molecule has 0 saturated heterocycles. The summed E-state index contributed by atoms with van der Waals surface area (Å²) in [4.78, 5) is 53.2. The van der Waals surface area contributed by atoms with E-state index >= 15 is 0 Å². The summed E-state index contributed by atoms with van der Waals surface area (Å²) in [7, 11) is 0. The molecule has 0 heterocycles. The molecule has 0 radical (unpaired) electrons. The molecule has 0 N–H and O–H groups in total. The van der Waals surface area contributed by atoms with Gasteiger partial charge in [0.25, 0.3) is 0 Å². The number of rotatable bonds is 14. The highest BCUT2D eigenvalue weighted by molar-refractivity contribution is 8.15. The Morgan fingerprint density at radius 2 is 1.00 bits per heavy atom. The molecule has 8 heteroatoms. The highest BCUT2D eigenvalue weighted by atomic mass is 32.2. The molecule has 0 rings (SSSR count). The van der Waals surface area contributed by atoms with Gasteiger partial charge in [-0.25, -0.2) is 0 Å². The lowest BCUT2D eigenvalue weighted by Gasteiger charge is -2.27. The normalized spacial score (nSPS) is 11.9. The van der Waals surface area contributed by atoms with Crippen molar-refractivity contribution in [3.8, 4) is 0 Å². The summed E-state index contributed by atoms with van der Waals surface area (Å²) in [5.74, 6) is 0.0958. The first kappa shape index (κ1) is 30.0. The minimum Gasteiger partial charge on any atom is -0.343 e. The van der Waals surface area contributed by atoms with E-state index in [0.29, 0.717) is 26.1 Å². The SMILES string of the molecule is CCCN(CC)C(=O)CC(C)(C)SC(=O)CCC(=O)SC(C)(C)CC(=O)N(CC)CC. The molecule has 0 aliphatic heterocycles. The van der Waals surface area contributed by atoms with Gasteiger partial charge in [-0.05, 0) is 54.9 Å². The zero-order chi connectivity index (χ0) is 24.2. The molecule has 0 aliphatic rings. The van der Waals surface area contributed by atoms with E-state index in [1.165, 1.54) is 0 Å². The van der Waals surface area contributed by atoms with Crippen molar-refractivity contribution in [2.24, 2.45) is 0 Å². The van der Waals surface area contributed by atoms with Crippen LogP contribution in [-0.4, -0.2) is 67.5 Å². The van der Waals surface area contributed by atoms with Gasteiger partial charge in [0.05, 0.1) is 0 Å². The van der Waals surface area contributed by atoms with Gasteiger partial charge in [0.2, 0.25) is 11.8 Å². The minimum atomic E-state index is -0.513. The van der Waals surface area contributed by atoms with Gasteiger partial charge >= 0.3 is 0 Å². The third kappa shape index (κ3) is 12.6. The van der Waals surface area contributed by atoms with E-state index in [-0.39, 0.29) is 41.3 Å². The van der Waals surface area contributed by atoms with Crippen molar-refractivity contribution >= 4 is 45.6 Å². The molecule has 0 aliphatic carbocycles. The van der Waals surface area contributed by atoms with Crippen LogP contribution in [0.1, 0.15) is 87.5 Å². The number of hydrogen-bond donors (Lipinski definition) is 0. The van der Waals surface area contributed by atoms with E-state index in [1.54, 1.807) is 4.90 Å². The molecule has 0 spiro atoms. The van der Waals surface area contributed by atoms with Crippen LogP contribution in [0.2, 0.25) is 0 Å². The topological polar surface area (TPSA) is 74.8 Å². The monoisotopic (exact) mass is 474 g/mol. The van der Waals surface area contributed by atoms with E-state index in [4.69, 9.17) is 0 Å². The van der Waals surface area contributed by atoms with Gasteiger partial charge in [-0.2, -0.15) is 0 Å². The standard InChI is InChI=1S/C23H42N2O4S2/c1-9-15-25(12-4)19(27)17-23(7,8)31-21(29)14-13-20(28)30-22(5,6)16-18(26)24(10-2)11-3/h9-17H2,1-8H3. The first-order chi connectivity index (χ1) is 14.3. The average molecular weight is 475 g/mol. The maximum atomic E-state index is 12.5. The molecule has 0 aromatic carbocycles. The van der Waals surface area contributed by atoms with Crippen molar-refractivity contribution in [2.75, 3.05) is 26.2 Å². The lowest BCUT2D eigenvalue weighted by molar-refractivity contribution is -0.132. The number of carbonyl (C=O) groups excluding carboxylic acids is 4. The molecule has 0 unspecified atom stereocenters. The van der Waals surface area contributed by atoms with Crippen molar-refractivity contribution in [3.05, 3.63) is 0 Å². The maximum Gasteiger partial charge on any atom is 0.223 e. The summed E-state index contributed by atoms with van der Waals surface area (Å²) >= 11 is 2.29. The summed E-state index contributed by atoms with van der Waals surface area (Å²) in [5.41, 5.74) is 0. The fraction of sp³-hybridized carbons (Fsp3) is 0.826. The third-order valence-corrected chi connectivity index (χ3v) is 7.07. The first-order valence-corrected chi connectivity index (χ1v) is 12.9. The fourth-order valence-electron chi connectivity index (χ4n) is 3.25. The van der Waals surface area contributed by atoms with Crippen molar-refractivity contribution in [3.63, 3.8) is 0 Å². The fourth-order valence-corrected chi connectivity index (χ4v) is 5.28. The summed E-state index contributed by atoms with van der Waals surface area (Å²) < 4.78 is -1.03. The molecule has 0 fully saturated rings. The number of nitrogens with zero attached hydrogens (tertiary/aromatic N) is 2. The van der Waals surface area contributed by atoms with Gasteiger partial charge in [-0.15, -0.1) is 0 Å².